The largest absolute Gasteiger partial charge is 0.299 e. The lowest BCUT2D eigenvalue weighted by molar-refractivity contribution is 0.139. The average Bonchev–Trinajstić information content (AvgIpc) is 2.92. The van der Waals surface area contributed by atoms with Gasteiger partial charge in [-0.2, -0.15) is 0 Å². The van der Waals surface area contributed by atoms with Gasteiger partial charge in [-0.3, -0.25) is 0 Å². The predicted molar refractivity (Wildman–Crippen MR) is 58.0 cm³/mol. The smallest absolute Gasteiger partial charge is 0.239 e. The van der Waals surface area contributed by atoms with Gasteiger partial charge in [-0.15, -0.1) is 5.10 Å². The maximum absolute atomic E-state index is 13.8. The first-order valence-electron chi connectivity index (χ1n) is 5.60. The number of rotatable bonds is 2. The number of hydrogen-bond donors (Lipinski definition) is 0. The van der Waals surface area contributed by atoms with Crippen LogP contribution >= 0.6 is 0 Å². The number of halogens is 3. The third-order valence-electron chi connectivity index (χ3n) is 3.06. The minimum absolute atomic E-state index is 0.000784. The summed E-state index contributed by atoms with van der Waals surface area (Å²) in [7, 11) is 0. The molecule has 18 heavy (non-hydrogen) atoms. The minimum atomic E-state index is -2.77. The molecule has 0 aliphatic carbocycles. The van der Waals surface area contributed by atoms with Gasteiger partial charge in [0.25, 0.3) is 6.43 Å². The summed E-state index contributed by atoms with van der Waals surface area (Å²) in [4.78, 5) is 3.57. The zero-order valence-corrected chi connectivity index (χ0v) is 9.30. The van der Waals surface area contributed by atoms with Crippen molar-refractivity contribution in [3.63, 3.8) is 0 Å². The summed E-state index contributed by atoms with van der Waals surface area (Å²) < 4.78 is 40.1. The van der Waals surface area contributed by atoms with Crippen molar-refractivity contribution in [1.29, 1.82) is 0 Å². The van der Waals surface area contributed by atoms with E-state index in [1.54, 1.807) is 0 Å². The van der Waals surface area contributed by atoms with Gasteiger partial charge in [-0.05, 0) is 5.56 Å². The Kier molecular flexibility index (Phi) is 2.57. The molecule has 3 nitrogen and oxygen atoms in total. The maximum Gasteiger partial charge on any atom is 0.299 e. The Balaban J connectivity index is 2.03. The van der Waals surface area contributed by atoms with Gasteiger partial charge in [-0.1, -0.05) is 30.3 Å². The van der Waals surface area contributed by atoms with Gasteiger partial charge >= 0.3 is 0 Å². The predicted octanol–water partition coefficient (Wildman–Crippen LogP) is 3.22. The molecule has 1 aliphatic heterocycles. The molecule has 0 N–H and O–H groups in total. The quantitative estimate of drug-likeness (QED) is 0.822. The number of alkyl halides is 3. The van der Waals surface area contributed by atoms with E-state index in [-0.39, 0.29) is 18.3 Å². The maximum atomic E-state index is 13.8. The lowest BCUT2D eigenvalue weighted by Crippen LogP contribution is -2.07. The van der Waals surface area contributed by atoms with Gasteiger partial charge in [0.1, 0.15) is 0 Å². The van der Waals surface area contributed by atoms with Gasteiger partial charge in [0.05, 0.1) is 6.04 Å². The van der Waals surface area contributed by atoms with Crippen molar-refractivity contribution in [2.24, 2.45) is 0 Å². The zero-order chi connectivity index (χ0) is 12.7. The van der Waals surface area contributed by atoms with Crippen molar-refractivity contribution in [2.45, 2.75) is 25.1 Å². The molecule has 3 rings (SSSR count). The second-order valence-corrected chi connectivity index (χ2v) is 4.20. The third-order valence-corrected chi connectivity index (χ3v) is 3.06. The van der Waals surface area contributed by atoms with Crippen LogP contribution in [0.25, 0.3) is 0 Å². The Morgan fingerprint density at radius 1 is 1.22 bits per heavy atom. The average molecular weight is 253 g/mol. The van der Waals surface area contributed by atoms with Crippen LogP contribution in [-0.4, -0.2) is 14.8 Å². The van der Waals surface area contributed by atoms with Crippen LogP contribution in [-0.2, 0) is 0 Å². The summed E-state index contributed by atoms with van der Waals surface area (Å²) in [5.41, 5.74) is 0.851. The molecule has 1 aliphatic rings. The fraction of sp³-hybridized carbons (Fsp3) is 0.333. The molecule has 2 aromatic rings. The van der Waals surface area contributed by atoms with E-state index >= 15 is 0 Å². The van der Waals surface area contributed by atoms with Crippen molar-refractivity contribution in [3.8, 4) is 0 Å². The van der Waals surface area contributed by atoms with Crippen LogP contribution in [0, 0.1) is 0 Å². The Bertz CT molecular complexity index is 553. The Morgan fingerprint density at radius 2 is 1.94 bits per heavy atom. The topological polar surface area (TPSA) is 30.7 Å². The first-order chi connectivity index (χ1) is 8.66. The highest BCUT2D eigenvalue weighted by Gasteiger charge is 2.36. The van der Waals surface area contributed by atoms with Crippen LogP contribution in [0.15, 0.2) is 30.3 Å². The Morgan fingerprint density at radius 3 is 2.61 bits per heavy atom. The van der Waals surface area contributed by atoms with Crippen molar-refractivity contribution < 1.29 is 13.2 Å². The second-order valence-electron chi connectivity index (χ2n) is 4.20. The van der Waals surface area contributed by atoms with Crippen LogP contribution in [0.5, 0.6) is 0 Å². The SMILES string of the molecule is FC(F)c1nc2n(n1)C(c1ccccc1)C[C@@H]2F. The van der Waals surface area contributed by atoms with Crippen molar-refractivity contribution in [2.75, 3.05) is 0 Å². The van der Waals surface area contributed by atoms with E-state index in [1.807, 2.05) is 30.3 Å². The fourth-order valence-corrected chi connectivity index (χ4v) is 2.24. The monoisotopic (exact) mass is 253 g/mol. The lowest BCUT2D eigenvalue weighted by atomic mass is 10.0. The molecule has 1 aromatic carbocycles. The minimum Gasteiger partial charge on any atom is -0.239 e. The molecule has 1 unspecified atom stereocenters. The van der Waals surface area contributed by atoms with E-state index in [9.17, 15) is 13.2 Å². The molecule has 0 saturated heterocycles. The Labute approximate surface area is 101 Å². The highest BCUT2D eigenvalue weighted by Crippen LogP contribution is 2.39. The molecule has 0 fully saturated rings. The third kappa shape index (κ3) is 1.68. The summed E-state index contributed by atoms with van der Waals surface area (Å²) in [6, 6.07) is 8.80. The molecule has 0 bridgehead atoms. The molecule has 2 heterocycles. The van der Waals surface area contributed by atoms with E-state index in [4.69, 9.17) is 0 Å². The summed E-state index contributed by atoms with van der Waals surface area (Å²) in [6.07, 6.45) is -3.91. The zero-order valence-electron chi connectivity index (χ0n) is 9.30. The summed E-state index contributed by atoms with van der Waals surface area (Å²) in [6.45, 7) is 0. The first-order valence-corrected chi connectivity index (χ1v) is 5.60. The van der Waals surface area contributed by atoms with Crippen LogP contribution < -0.4 is 0 Å². The van der Waals surface area contributed by atoms with Gasteiger partial charge in [0.15, 0.2) is 12.0 Å². The second kappa shape index (κ2) is 4.12. The summed E-state index contributed by atoms with van der Waals surface area (Å²) >= 11 is 0. The van der Waals surface area contributed by atoms with Crippen LogP contribution in [0.4, 0.5) is 13.2 Å². The summed E-state index contributed by atoms with van der Waals surface area (Å²) in [5.74, 6) is -0.604. The highest BCUT2D eigenvalue weighted by atomic mass is 19.3. The molecule has 94 valence electrons. The lowest BCUT2D eigenvalue weighted by Gasteiger charge is -2.11. The van der Waals surface area contributed by atoms with Gasteiger partial charge in [0.2, 0.25) is 5.82 Å². The van der Waals surface area contributed by atoms with E-state index in [0.717, 1.165) is 5.56 Å². The van der Waals surface area contributed by atoms with E-state index in [0.29, 0.717) is 0 Å². The molecule has 0 spiro atoms. The fourth-order valence-electron chi connectivity index (χ4n) is 2.24. The van der Waals surface area contributed by atoms with E-state index in [1.165, 1.54) is 4.68 Å². The molecule has 0 saturated carbocycles. The van der Waals surface area contributed by atoms with Crippen LogP contribution in [0.3, 0.4) is 0 Å². The molecule has 0 radical (unpaired) electrons. The van der Waals surface area contributed by atoms with Gasteiger partial charge in [-0.25, -0.2) is 22.8 Å². The van der Waals surface area contributed by atoms with Gasteiger partial charge in [0, 0.05) is 6.42 Å². The Hall–Kier alpha value is -1.85. The number of benzene rings is 1. The van der Waals surface area contributed by atoms with Crippen LogP contribution in [0.2, 0.25) is 0 Å². The van der Waals surface area contributed by atoms with Crippen molar-refractivity contribution >= 4 is 0 Å². The standard InChI is InChI=1S/C12H10F3N3/c13-8-6-9(7-4-2-1-3-5-7)18-12(8)16-11(17-18)10(14)15/h1-5,8-10H,6H2/t8-,9?/m0/s1. The number of hydrogen-bond acceptors (Lipinski definition) is 2. The first kappa shape index (κ1) is 11.3. The molecule has 2 atom stereocenters. The molecule has 6 heteroatoms. The highest BCUT2D eigenvalue weighted by molar-refractivity contribution is 5.23. The van der Waals surface area contributed by atoms with Crippen LogP contribution in [0.1, 0.15) is 42.3 Å². The van der Waals surface area contributed by atoms with E-state index < -0.39 is 18.4 Å². The molecular formula is C12H10F3N3. The normalized spacial score (nSPS) is 22.4. The molecule has 0 amide bonds. The van der Waals surface area contributed by atoms with E-state index in [2.05, 4.69) is 10.1 Å². The van der Waals surface area contributed by atoms with Crippen molar-refractivity contribution in [1.82, 2.24) is 14.8 Å². The number of nitrogens with zero attached hydrogens (tertiary/aromatic N) is 3. The van der Waals surface area contributed by atoms with Gasteiger partial charge < -0.3 is 0 Å². The number of aromatic nitrogens is 3. The van der Waals surface area contributed by atoms with Crippen molar-refractivity contribution in [3.05, 3.63) is 47.5 Å². The summed E-state index contributed by atoms with van der Waals surface area (Å²) in [5, 5.41) is 3.71. The number of fused-ring (bicyclic) bond motifs is 1. The molecule has 1 aromatic heterocycles. The molecular weight excluding hydrogens is 243 g/mol.